The Balaban J connectivity index is 2.09. The highest BCUT2D eigenvalue weighted by molar-refractivity contribution is 5.58. The first kappa shape index (κ1) is 56.6. The summed E-state index contributed by atoms with van der Waals surface area (Å²) >= 11 is 0. The number of rotatable bonds is 23. The molecular weight excluding hydrogens is 865 g/mol. The predicted octanol–water partition coefficient (Wildman–Crippen LogP) is 15.3. The van der Waals surface area contributed by atoms with Crippen LogP contribution in [0.1, 0.15) is 208 Å². The van der Waals surface area contributed by atoms with Crippen LogP contribution in [0, 0.1) is 52.2 Å². The molecule has 0 amide bonds. The highest BCUT2D eigenvalue weighted by atomic mass is 16.5. The van der Waals surface area contributed by atoms with Crippen LogP contribution in [0.4, 0.5) is 0 Å². The van der Waals surface area contributed by atoms with E-state index in [4.69, 9.17) is 18.9 Å². The molecular formula is C62H82N4O4. The molecule has 4 aromatic carbocycles. The molecule has 8 heteroatoms. The molecule has 0 aliphatic heterocycles. The van der Waals surface area contributed by atoms with Gasteiger partial charge in [0.25, 0.3) is 0 Å². The molecule has 0 unspecified atom stereocenters. The Bertz CT molecular complexity index is 2570. The predicted molar refractivity (Wildman–Crippen MR) is 284 cm³/mol. The van der Waals surface area contributed by atoms with Gasteiger partial charge in [0.05, 0.1) is 50.7 Å². The lowest BCUT2D eigenvalue weighted by Gasteiger charge is -2.28. The molecule has 374 valence electrons. The standard InChI is InChI=1S/C62H82N4O4/c1-15-44-36-52(60(6,7)8)38-46(56(44)68-29-21-17-25-64)34-48-40-54(62(12,13)14)42-50(58(48)70-31-23-19-27-66)35-49-41-53(61(9,10)11)39-47(57(49)69-30-22-18-26-65)33-45-37-51(59(3,4)5)32-43(2)55(45)67-28-20-16-24-63/h32,36-42H,15-23,28-31,33-35H2,1-14H3. The van der Waals surface area contributed by atoms with E-state index >= 15 is 0 Å². The lowest BCUT2D eigenvalue weighted by atomic mass is 9.80. The zero-order valence-electron chi connectivity index (χ0n) is 45.4. The number of nitriles is 4. The van der Waals surface area contributed by atoms with Crippen LogP contribution in [-0.4, -0.2) is 26.4 Å². The van der Waals surface area contributed by atoms with E-state index in [-0.39, 0.29) is 21.7 Å². The fourth-order valence-corrected chi connectivity index (χ4v) is 8.57. The molecule has 0 N–H and O–H groups in total. The second kappa shape index (κ2) is 25.2. The van der Waals surface area contributed by atoms with Crippen molar-refractivity contribution >= 4 is 0 Å². The molecule has 0 aromatic heterocycles. The molecule has 0 atom stereocenters. The molecule has 4 rings (SSSR count). The van der Waals surface area contributed by atoms with Gasteiger partial charge in [-0.2, -0.15) is 21.0 Å². The maximum absolute atomic E-state index is 9.59. The third-order valence-electron chi connectivity index (χ3n) is 12.8. The Kier molecular flexibility index (Phi) is 20.4. The second-order valence-corrected chi connectivity index (χ2v) is 23.0. The average molecular weight is 947 g/mol. The molecule has 0 fully saturated rings. The van der Waals surface area contributed by atoms with E-state index in [0.29, 0.717) is 97.1 Å². The number of benzene rings is 4. The summed E-state index contributed by atoms with van der Waals surface area (Å²) in [5, 5.41) is 37.8. The third-order valence-corrected chi connectivity index (χ3v) is 12.8. The van der Waals surface area contributed by atoms with E-state index in [0.717, 1.165) is 73.9 Å². The van der Waals surface area contributed by atoms with Crippen molar-refractivity contribution < 1.29 is 18.9 Å². The van der Waals surface area contributed by atoms with E-state index in [1.807, 2.05) is 0 Å². The molecule has 70 heavy (non-hydrogen) atoms. The fraction of sp³-hybridized carbons (Fsp3) is 0.548. The van der Waals surface area contributed by atoms with Crippen molar-refractivity contribution in [3.05, 3.63) is 115 Å². The summed E-state index contributed by atoms with van der Waals surface area (Å²) in [6, 6.07) is 27.4. The Hall–Kier alpha value is -5.96. The Labute approximate surface area is 422 Å². The lowest BCUT2D eigenvalue weighted by Crippen LogP contribution is -2.17. The summed E-state index contributed by atoms with van der Waals surface area (Å²) in [5.41, 5.74) is 12.7. The van der Waals surface area contributed by atoms with Crippen LogP contribution in [0.25, 0.3) is 0 Å². The van der Waals surface area contributed by atoms with Crippen LogP contribution in [0.5, 0.6) is 23.0 Å². The van der Waals surface area contributed by atoms with Crippen molar-refractivity contribution in [2.45, 2.75) is 196 Å². The minimum absolute atomic E-state index is 0.107. The van der Waals surface area contributed by atoms with Crippen molar-refractivity contribution in [1.82, 2.24) is 0 Å². The van der Waals surface area contributed by atoms with Gasteiger partial charge in [-0.05, 0) is 127 Å². The van der Waals surface area contributed by atoms with Gasteiger partial charge in [-0.15, -0.1) is 0 Å². The zero-order chi connectivity index (χ0) is 51.9. The number of aryl methyl sites for hydroxylation is 2. The largest absolute Gasteiger partial charge is 0.493 e. The van der Waals surface area contributed by atoms with Crippen molar-refractivity contribution in [2.24, 2.45) is 0 Å². The Morgan fingerprint density at radius 1 is 0.357 bits per heavy atom. The van der Waals surface area contributed by atoms with Gasteiger partial charge < -0.3 is 18.9 Å². The third kappa shape index (κ3) is 16.0. The molecule has 8 nitrogen and oxygen atoms in total. The van der Waals surface area contributed by atoms with E-state index in [1.54, 1.807) is 0 Å². The number of ether oxygens (including phenoxy) is 4. The summed E-state index contributed by atoms with van der Waals surface area (Å²) in [4.78, 5) is 0. The SMILES string of the molecule is CCc1cc(C(C)(C)C)cc(Cc2cc(C(C)(C)C)cc(Cc3cc(C(C)(C)C)cc(Cc4cc(C(C)(C)C)cc(C)c4OCCCC#N)c3OCCCC#N)c2OCCCC#N)c1OCCCC#N. The second-order valence-electron chi connectivity index (χ2n) is 23.0. The van der Waals surface area contributed by atoms with Crippen LogP contribution in [-0.2, 0) is 47.3 Å². The maximum Gasteiger partial charge on any atom is 0.126 e. The molecule has 0 aliphatic carbocycles. The minimum Gasteiger partial charge on any atom is -0.493 e. The van der Waals surface area contributed by atoms with E-state index < -0.39 is 0 Å². The van der Waals surface area contributed by atoms with Gasteiger partial charge in [-0.3, -0.25) is 0 Å². The lowest BCUT2D eigenvalue weighted by molar-refractivity contribution is 0.301. The van der Waals surface area contributed by atoms with Crippen molar-refractivity contribution in [2.75, 3.05) is 26.4 Å². The molecule has 0 saturated carbocycles. The van der Waals surface area contributed by atoms with Gasteiger partial charge in [0.15, 0.2) is 0 Å². The van der Waals surface area contributed by atoms with Crippen LogP contribution in [0.2, 0.25) is 0 Å². The molecule has 0 radical (unpaired) electrons. The van der Waals surface area contributed by atoms with Crippen molar-refractivity contribution in [3.63, 3.8) is 0 Å². The van der Waals surface area contributed by atoms with Gasteiger partial charge in [0.2, 0.25) is 0 Å². The normalized spacial score (nSPS) is 11.9. The summed E-state index contributed by atoms with van der Waals surface area (Å²) in [5.74, 6) is 3.33. The molecule has 0 spiro atoms. The zero-order valence-corrected chi connectivity index (χ0v) is 45.4. The van der Waals surface area contributed by atoms with Crippen molar-refractivity contribution in [1.29, 1.82) is 21.0 Å². The number of hydrogen-bond acceptors (Lipinski definition) is 8. The summed E-state index contributed by atoms with van der Waals surface area (Å²) in [6.07, 6.45) is 6.51. The summed E-state index contributed by atoms with van der Waals surface area (Å²) < 4.78 is 27.1. The minimum atomic E-state index is -0.212. The van der Waals surface area contributed by atoms with Crippen LogP contribution < -0.4 is 18.9 Å². The average Bonchev–Trinajstić information content (AvgIpc) is 3.27. The Morgan fingerprint density at radius 2 is 0.586 bits per heavy atom. The molecule has 0 aliphatic rings. The first-order valence-corrected chi connectivity index (χ1v) is 25.6. The molecule has 0 bridgehead atoms. The topological polar surface area (TPSA) is 132 Å². The Morgan fingerprint density at radius 3 is 0.843 bits per heavy atom. The fourth-order valence-electron chi connectivity index (χ4n) is 8.57. The van der Waals surface area contributed by atoms with E-state index in [1.165, 1.54) is 22.3 Å². The van der Waals surface area contributed by atoms with Crippen LogP contribution in [0.3, 0.4) is 0 Å². The highest BCUT2D eigenvalue weighted by Gasteiger charge is 2.28. The number of nitrogens with zero attached hydrogens (tertiary/aromatic N) is 4. The summed E-state index contributed by atoms with van der Waals surface area (Å²) in [7, 11) is 0. The molecule has 0 heterocycles. The molecule has 4 aromatic rings. The van der Waals surface area contributed by atoms with Gasteiger partial charge in [0, 0.05) is 44.9 Å². The van der Waals surface area contributed by atoms with E-state index in [9.17, 15) is 21.0 Å². The number of unbranched alkanes of at least 4 members (excludes halogenated alkanes) is 4. The summed E-state index contributed by atoms with van der Waals surface area (Å²) in [6.45, 7) is 32.8. The van der Waals surface area contributed by atoms with Crippen LogP contribution >= 0.6 is 0 Å². The highest BCUT2D eigenvalue weighted by Crippen LogP contribution is 2.43. The monoisotopic (exact) mass is 947 g/mol. The quantitative estimate of drug-likeness (QED) is 0.0672. The van der Waals surface area contributed by atoms with Gasteiger partial charge in [-0.25, -0.2) is 0 Å². The van der Waals surface area contributed by atoms with Crippen molar-refractivity contribution in [3.8, 4) is 47.3 Å². The maximum atomic E-state index is 9.59. The smallest absolute Gasteiger partial charge is 0.126 e. The van der Waals surface area contributed by atoms with E-state index in [2.05, 4.69) is 170 Å². The van der Waals surface area contributed by atoms with Gasteiger partial charge in [-0.1, -0.05) is 139 Å². The number of hydrogen-bond donors (Lipinski definition) is 0. The van der Waals surface area contributed by atoms with Gasteiger partial charge >= 0.3 is 0 Å². The van der Waals surface area contributed by atoms with Crippen LogP contribution in [0.15, 0.2) is 48.5 Å². The first-order chi connectivity index (χ1) is 33.0. The first-order valence-electron chi connectivity index (χ1n) is 25.6. The molecule has 0 saturated heterocycles. The van der Waals surface area contributed by atoms with Gasteiger partial charge in [0.1, 0.15) is 23.0 Å².